The summed E-state index contributed by atoms with van der Waals surface area (Å²) in [6, 6.07) is 7.46. The summed E-state index contributed by atoms with van der Waals surface area (Å²) in [7, 11) is 0. The zero-order chi connectivity index (χ0) is 13.4. The van der Waals surface area contributed by atoms with Crippen LogP contribution in [0.25, 0.3) is 0 Å². The molecule has 1 aromatic heterocycles. The van der Waals surface area contributed by atoms with Crippen LogP contribution < -0.4 is 4.74 Å². The number of ether oxygens (including phenoxy) is 1. The van der Waals surface area contributed by atoms with Crippen LogP contribution in [-0.4, -0.2) is 17.4 Å². The number of halogens is 2. The molecule has 0 radical (unpaired) electrons. The molecular formula is C14H9Br2NO2. The average Bonchev–Trinajstić information content (AvgIpc) is 2.86. The molecule has 3 rings (SSSR count). The van der Waals surface area contributed by atoms with Crippen LogP contribution >= 0.6 is 31.9 Å². The minimum Gasteiger partial charge on any atom is -0.492 e. The van der Waals surface area contributed by atoms with Gasteiger partial charge in [0, 0.05) is 21.6 Å². The number of para-hydroxylation sites is 1. The maximum absolute atomic E-state index is 12.6. The average molecular weight is 383 g/mol. The van der Waals surface area contributed by atoms with Gasteiger partial charge >= 0.3 is 0 Å². The van der Waals surface area contributed by atoms with Gasteiger partial charge in [-0.1, -0.05) is 12.1 Å². The van der Waals surface area contributed by atoms with Crippen LogP contribution in [0.1, 0.15) is 21.6 Å². The van der Waals surface area contributed by atoms with Crippen molar-refractivity contribution < 1.29 is 9.53 Å². The Labute approximate surface area is 127 Å². The summed E-state index contributed by atoms with van der Waals surface area (Å²) in [5.41, 5.74) is 2.05. The number of hydrogen-bond donors (Lipinski definition) is 0. The van der Waals surface area contributed by atoms with Crippen molar-refractivity contribution in [2.24, 2.45) is 0 Å². The Bertz CT molecular complexity index is 670. The molecule has 1 aromatic carbocycles. The van der Waals surface area contributed by atoms with E-state index in [4.69, 9.17) is 4.74 Å². The molecule has 0 aliphatic carbocycles. The monoisotopic (exact) mass is 381 g/mol. The van der Waals surface area contributed by atoms with Gasteiger partial charge in [0.15, 0.2) is 0 Å². The first-order valence-electron chi connectivity index (χ1n) is 5.77. The molecule has 0 unspecified atom stereocenters. The molecule has 1 aliphatic heterocycles. The molecule has 0 N–H and O–H groups in total. The number of aromatic nitrogens is 1. The summed E-state index contributed by atoms with van der Waals surface area (Å²) in [5.74, 6) is 0.572. The Morgan fingerprint density at radius 3 is 2.95 bits per heavy atom. The fraction of sp³-hybridized carbons (Fsp3) is 0.143. The van der Waals surface area contributed by atoms with E-state index in [1.807, 2.05) is 18.2 Å². The Hall–Kier alpha value is -1.20. The highest BCUT2D eigenvalue weighted by molar-refractivity contribution is 9.11. The predicted molar refractivity (Wildman–Crippen MR) is 78.7 cm³/mol. The first kappa shape index (κ1) is 12.8. The van der Waals surface area contributed by atoms with Crippen LogP contribution in [0.2, 0.25) is 0 Å². The van der Waals surface area contributed by atoms with Crippen molar-refractivity contribution in [3.05, 3.63) is 56.2 Å². The molecule has 2 aromatic rings. The van der Waals surface area contributed by atoms with Gasteiger partial charge in [0.1, 0.15) is 11.4 Å². The second-order valence-electron chi connectivity index (χ2n) is 4.21. The number of fused-ring (bicyclic) bond motifs is 1. The van der Waals surface area contributed by atoms with Gasteiger partial charge in [-0.05, 0) is 49.6 Å². The van der Waals surface area contributed by atoms with Crippen LogP contribution in [0.5, 0.6) is 5.75 Å². The van der Waals surface area contributed by atoms with Crippen molar-refractivity contribution in [3.63, 3.8) is 0 Å². The van der Waals surface area contributed by atoms with Gasteiger partial charge in [-0.25, -0.2) is 0 Å². The minimum absolute atomic E-state index is 0.127. The summed E-state index contributed by atoms with van der Waals surface area (Å²) in [6.45, 7) is 0.633. The largest absolute Gasteiger partial charge is 0.492 e. The van der Waals surface area contributed by atoms with Crippen molar-refractivity contribution in [2.75, 3.05) is 6.61 Å². The van der Waals surface area contributed by atoms with Crippen molar-refractivity contribution in [3.8, 4) is 5.75 Å². The molecule has 3 nitrogen and oxygen atoms in total. The lowest BCUT2D eigenvalue weighted by molar-refractivity contribution is 0.103. The standard InChI is InChI=1S/C14H9Br2NO2/c15-9-6-11(16)12(17-7-9)13(18)10-3-1-2-8-4-5-19-14(8)10/h1-3,6-7H,4-5H2. The van der Waals surface area contributed by atoms with E-state index in [0.717, 1.165) is 16.5 Å². The number of rotatable bonds is 2. The van der Waals surface area contributed by atoms with E-state index in [9.17, 15) is 4.79 Å². The summed E-state index contributed by atoms with van der Waals surface area (Å²) in [5, 5.41) is 0. The molecule has 1 aliphatic rings. The second kappa shape index (κ2) is 5.06. The van der Waals surface area contributed by atoms with Crippen LogP contribution in [-0.2, 0) is 6.42 Å². The van der Waals surface area contributed by atoms with Gasteiger partial charge < -0.3 is 4.74 Å². The molecule has 0 fully saturated rings. The fourth-order valence-electron chi connectivity index (χ4n) is 2.10. The minimum atomic E-state index is -0.127. The quantitative estimate of drug-likeness (QED) is 0.742. The number of carbonyl (C=O) groups excluding carboxylic acids is 1. The topological polar surface area (TPSA) is 39.2 Å². The molecule has 0 atom stereocenters. The van der Waals surface area contributed by atoms with Gasteiger partial charge in [0.25, 0.3) is 0 Å². The third-order valence-corrected chi connectivity index (χ3v) is 4.02. The first-order valence-corrected chi connectivity index (χ1v) is 7.36. The Balaban J connectivity index is 2.08. The Kier molecular flexibility index (Phi) is 3.41. The highest BCUT2D eigenvalue weighted by Crippen LogP contribution is 2.32. The zero-order valence-corrected chi connectivity index (χ0v) is 13.0. The number of hydrogen-bond acceptors (Lipinski definition) is 3. The van der Waals surface area contributed by atoms with Crippen LogP contribution in [0.3, 0.4) is 0 Å². The molecule has 19 heavy (non-hydrogen) atoms. The molecule has 0 amide bonds. The molecule has 0 saturated heterocycles. The van der Waals surface area contributed by atoms with Gasteiger partial charge in [0.05, 0.1) is 12.2 Å². The van der Waals surface area contributed by atoms with E-state index >= 15 is 0 Å². The molecule has 0 saturated carbocycles. The summed E-state index contributed by atoms with van der Waals surface area (Å²) >= 11 is 6.69. The van der Waals surface area contributed by atoms with Crippen molar-refractivity contribution in [1.29, 1.82) is 0 Å². The van der Waals surface area contributed by atoms with Gasteiger partial charge in [-0.15, -0.1) is 0 Å². The third kappa shape index (κ3) is 2.32. The lowest BCUT2D eigenvalue weighted by Gasteiger charge is -2.08. The molecule has 2 heterocycles. The highest BCUT2D eigenvalue weighted by atomic mass is 79.9. The fourth-order valence-corrected chi connectivity index (χ4v) is 3.27. The number of carbonyl (C=O) groups is 1. The van der Waals surface area contributed by atoms with Crippen molar-refractivity contribution in [1.82, 2.24) is 4.98 Å². The third-order valence-electron chi connectivity index (χ3n) is 2.98. The molecular weight excluding hydrogens is 374 g/mol. The van der Waals surface area contributed by atoms with Gasteiger partial charge in [-0.3, -0.25) is 9.78 Å². The zero-order valence-electron chi connectivity index (χ0n) is 9.82. The number of benzene rings is 1. The highest BCUT2D eigenvalue weighted by Gasteiger charge is 2.23. The van der Waals surface area contributed by atoms with Gasteiger partial charge in [0.2, 0.25) is 5.78 Å². The second-order valence-corrected chi connectivity index (χ2v) is 5.98. The van der Waals surface area contributed by atoms with E-state index in [1.54, 1.807) is 12.3 Å². The summed E-state index contributed by atoms with van der Waals surface area (Å²) < 4.78 is 7.06. The maximum atomic E-state index is 12.6. The van der Waals surface area contributed by atoms with Gasteiger partial charge in [-0.2, -0.15) is 0 Å². The number of nitrogens with zero attached hydrogens (tertiary/aromatic N) is 1. The van der Waals surface area contributed by atoms with E-state index in [2.05, 4.69) is 36.8 Å². The maximum Gasteiger partial charge on any atom is 0.216 e. The predicted octanol–water partition coefficient (Wildman–Crippen LogP) is 3.77. The lowest BCUT2D eigenvalue weighted by atomic mass is 10.0. The SMILES string of the molecule is O=C(c1cccc2c1OCC2)c1ncc(Br)cc1Br. The summed E-state index contributed by atoms with van der Waals surface area (Å²) in [4.78, 5) is 16.7. The number of pyridine rings is 1. The van der Waals surface area contributed by atoms with E-state index in [1.165, 1.54) is 0 Å². The summed E-state index contributed by atoms with van der Waals surface area (Å²) in [6.07, 6.45) is 2.47. The molecule has 96 valence electrons. The first-order chi connectivity index (χ1) is 9.16. The molecule has 5 heteroatoms. The van der Waals surface area contributed by atoms with E-state index in [-0.39, 0.29) is 5.78 Å². The lowest BCUT2D eigenvalue weighted by Crippen LogP contribution is -2.07. The molecule has 0 spiro atoms. The molecule has 0 bridgehead atoms. The van der Waals surface area contributed by atoms with Crippen molar-refractivity contribution in [2.45, 2.75) is 6.42 Å². The Morgan fingerprint density at radius 2 is 2.16 bits per heavy atom. The normalized spacial score (nSPS) is 12.9. The number of ketones is 1. The van der Waals surface area contributed by atoms with E-state index < -0.39 is 0 Å². The van der Waals surface area contributed by atoms with E-state index in [0.29, 0.717) is 28.1 Å². The van der Waals surface area contributed by atoms with Crippen LogP contribution in [0, 0.1) is 0 Å². The van der Waals surface area contributed by atoms with Crippen LogP contribution in [0.15, 0.2) is 39.4 Å². The Morgan fingerprint density at radius 1 is 1.32 bits per heavy atom. The van der Waals surface area contributed by atoms with Crippen LogP contribution in [0.4, 0.5) is 0 Å². The smallest absolute Gasteiger partial charge is 0.216 e. The van der Waals surface area contributed by atoms with Crippen molar-refractivity contribution >= 4 is 37.6 Å².